The maximum atomic E-state index is 12.0. The van der Waals surface area contributed by atoms with Crippen LogP contribution in [0.15, 0.2) is 48.5 Å². The number of nitrogens with one attached hydrogen (secondary N) is 2. The normalized spacial score (nSPS) is 11.6. The van der Waals surface area contributed by atoms with Crippen molar-refractivity contribution in [1.82, 2.24) is 10.6 Å². The summed E-state index contributed by atoms with van der Waals surface area (Å²) in [6.07, 6.45) is 0. The molecule has 2 aromatic carbocycles. The van der Waals surface area contributed by atoms with Gasteiger partial charge in [-0.2, -0.15) is 0 Å². The molecule has 0 heterocycles. The van der Waals surface area contributed by atoms with Gasteiger partial charge in [0.25, 0.3) is 0 Å². The Hall–Kier alpha value is -2.53. The summed E-state index contributed by atoms with van der Waals surface area (Å²) in [5.74, 6) is 0.764. The zero-order valence-electron chi connectivity index (χ0n) is 13.4. The number of methoxy groups -OCH3 is 1. The Bertz CT molecular complexity index is 644. The number of aryl methyl sites for hydroxylation is 1. The second-order valence-corrected chi connectivity index (χ2v) is 5.33. The fraction of sp³-hybridized carbons (Fsp3) is 0.278. The topological polar surface area (TPSA) is 70.6 Å². The zero-order chi connectivity index (χ0) is 16.7. The largest absolute Gasteiger partial charge is 0.497 e. The van der Waals surface area contributed by atoms with Crippen LogP contribution in [-0.2, 0) is 6.54 Å². The van der Waals surface area contributed by atoms with Crippen molar-refractivity contribution in [2.75, 3.05) is 13.7 Å². The van der Waals surface area contributed by atoms with Gasteiger partial charge >= 0.3 is 6.03 Å². The molecule has 0 spiro atoms. The maximum Gasteiger partial charge on any atom is 0.315 e. The van der Waals surface area contributed by atoms with Crippen LogP contribution in [0.3, 0.4) is 0 Å². The predicted octanol–water partition coefficient (Wildman–Crippen LogP) is 2.54. The van der Waals surface area contributed by atoms with Gasteiger partial charge in [0.05, 0.1) is 19.8 Å². The Balaban J connectivity index is 1.93. The molecular weight excluding hydrogens is 292 g/mol. The van der Waals surface area contributed by atoms with Gasteiger partial charge in [0.1, 0.15) is 5.75 Å². The van der Waals surface area contributed by atoms with Crippen LogP contribution in [0, 0.1) is 6.92 Å². The zero-order valence-corrected chi connectivity index (χ0v) is 13.4. The molecule has 0 saturated carbocycles. The van der Waals surface area contributed by atoms with E-state index in [0.717, 1.165) is 22.4 Å². The minimum absolute atomic E-state index is 0.157. The highest BCUT2D eigenvalue weighted by atomic mass is 16.5. The molecule has 1 unspecified atom stereocenters. The van der Waals surface area contributed by atoms with E-state index in [9.17, 15) is 9.90 Å². The Morgan fingerprint density at radius 1 is 1.22 bits per heavy atom. The van der Waals surface area contributed by atoms with Crippen molar-refractivity contribution in [1.29, 1.82) is 0 Å². The Morgan fingerprint density at radius 3 is 2.61 bits per heavy atom. The van der Waals surface area contributed by atoms with Gasteiger partial charge < -0.3 is 20.5 Å². The van der Waals surface area contributed by atoms with E-state index in [2.05, 4.69) is 10.6 Å². The predicted molar refractivity (Wildman–Crippen MR) is 89.4 cm³/mol. The standard InChI is InChI=1S/C18H22N2O3/c1-13-8-14(10-16(9-13)23-2)11-19-18(22)20-17(12-21)15-6-4-3-5-7-15/h3-10,17,21H,11-12H2,1-2H3,(H2,19,20,22). The number of benzene rings is 2. The number of aliphatic hydroxyl groups excluding tert-OH is 1. The molecule has 0 bridgehead atoms. The molecule has 2 aromatic rings. The molecule has 0 radical (unpaired) electrons. The number of hydrogen-bond acceptors (Lipinski definition) is 3. The van der Waals surface area contributed by atoms with Crippen LogP contribution in [-0.4, -0.2) is 24.9 Å². The first-order valence-corrected chi connectivity index (χ1v) is 7.47. The number of carbonyl (C=O) groups excluding carboxylic acids is 1. The highest BCUT2D eigenvalue weighted by molar-refractivity contribution is 5.74. The van der Waals surface area contributed by atoms with Gasteiger partial charge in [-0.3, -0.25) is 0 Å². The monoisotopic (exact) mass is 314 g/mol. The van der Waals surface area contributed by atoms with Gasteiger partial charge in [-0.25, -0.2) is 4.79 Å². The van der Waals surface area contributed by atoms with Crippen molar-refractivity contribution in [3.05, 3.63) is 65.2 Å². The molecule has 0 fully saturated rings. The summed E-state index contributed by atoms with van der Waals surface area (Å²) in [4.78, 5) is 12.0. The third kappa shape index (κ3) is 5.00. The number of amides is 2. The molecule has 5 heteroatoms. The lowest BCUT2D eigenvalue weighted by Crippen LogP contribution is -2.38. The summed E-state index contributed by atoms with van der Waals surface area (Å²) >= 11 is 0. The quantitative estimate of drug-likeness (QED) is 0.767. The van der Waals surface area contributed by atoms with Gasteiger partial charge in [-0.1, -0.05) is 36.4 Å². The van der Waals surface area contributed by atoms with Crippen LogP contribution >= 0.6 is 0 Å². The van der Waals surface area contributed by atoms with E-state index in [1.54, 1.807) is 7.11 Å². The van der Waals surface area contributed by atoms with Crippen molar-refractivity contribution in [2.45, 2.75) is 19.5 Å². The lowest BCUT2D eigenvalue weighted by atomic mass is 10.1. The first kappa shape index (κ1) is 16.8. The number of ether oxygens (including phenoxy) is 1. The SMILES string of the molecule is COc1cc(C)cc(CNC(=O)NC(CO)c2ccccc2)c1. The van der Waals surface area contributed by atoms with E-state index < -0.39 is 6.04 Å². The molecule has 1 atom stereocenters. The fourth-order valence-corrected chi connectivity index (χ4v) is 2.36. The summed E-state index contributed by atoms with van der Waals surface area (Å²) in [6, 6.07) is 14.4. The van der Waals surface area contributed by atoms with E-state index in [-0.39, 0.29) is 12.6 Å². The molecule has 2 amide bonds. The van der Waals surface area contributed by atoms with Crippen LogP contribution in [0.4, 0.5) is 4.79 Å². The molecule has 23 heavy (non-hydrogen) atoms. The summed E-state index contributed by atoms with van der Waals surface area (Å²) < 4.78 is 5.22. The first-order valence-electron chi connectivity index (χ1n) is 7.47. The van der Waals surface area contributed by atoms with E-state index in [1.165, 1.54) is 0 Å². The molecule has 0 aliphatic rings. The molecule has 122 valence electrons. The average molecular weight is 314 g/mol. The van der Waals surface area contributed by atoms with E-state index >= 15 is 0 Å². The highest BCUT2D eigenvalue weighted by Crippen LogP contribution is 2.16. The van der Waals surface area contributed by atoms with Gasteiger partial charge in [-0.15, -0.1) is 0 Å². The van der Waals surface area contributed by atoms with Gasteiger partial charge in [0.15, 0.2) is 0 Å². The summed E-state index contributed by atoms with van der Waals surface area (Å²) in [7, 11) is 1.62. The molecule has 2 rings (SSSR count). The molecule has 0 aliphatic carbocycles. The van der Waals surface area contributed by atoms with Gasteiger partial charge in [0, 0.05) is 6.54 Å². The van der Waals surface area contributed by atoms with E-state index in [1.807, 2.05) is 55.5 Å². The third-order valence-electron chi connectivity index (χ3n) is 3.49. The average Bonchev–Trinajstić information content (AvgIpc) is 2.58. The van der Waals surface area contributed by atoms with Crippen molar-refractivity contribution >= 4 is 6.03 Å². The summed E-state index contributed by atoms with van der Waals surface area (Å²) in [6.45, 7) is 2.20. The lowest BCUT2D eigenvalue weighted by molar-refractivity contribution is 0.216. The molecule has 3 N–H and O–H groups in total. The van der Waals surface area contributed by atoms with Crippen LogP contribution in [0.5, 0.6) is 5.75 Å². The summed E-state index contributed by atoms with van der Waals surface area (Å²) in [5, 5.41) is 15.0. The smallest absolute Gasteiger partial charge is 0.315 e. The van der Waals surface area contributed by atoms with E-state index in [0.29, 0.717) is 6.54 Å². The molecule has 5 nitrogen and oxygen atoms in total. The van der Waals surface area contributed by atoms with Crippen molar-refractivity contribution in [3.63, 3.8) is 0 Å². The van der Waals surface area contributed by atoms with Crippen LogP contribution in [0.2, 0.25) is 0 Å². The molecular formula is C18H22N2O3. The minimum Gasteiger partial charge on any atom is -0.497 e. The third-order valence-corrected chi connectivity index (χ3v) is 3.49. The van der Waals surface area contributed by atoms with Crippen molar-refractivity contribution in [2.24, 2.45) is 0 Å². The second-order valence-electron chi connectivity index (χ2n) is 5.33. The molecule has 0 aliphatic heterocycles. The van der Waals surface area contributed by atoms with Crippen LogP contribution in [0.1, 0.15) is 22.7 Å². The second kappa shape index (κ2) is 8.19. The van der Waals surface area contributed by atoms with Crippen molar-refractivity contribution in [3.8, 4) is 5.75 Å². The van der Waals surface area contributed by atoms with E-state index in [4.69, 9.17) is 4.74 Å². The van der Waals surface area contributed by atoms with Gasteiger partial charge in [0.2, 0.25) is 0 Å². The number of hydrogen-bond donors (Lipinski definition) is 3. The lowest BCUT2D eigenvalue weighted by Gasteiger charge is -2.17. The highest BCUT2D eigenvalue weighted by Gasteiger charge is 2.13. The summed E-state index contributed by atoms with van der Waals surface area (Å²) in [5.41, 5.74) is 2.89. The number of urea groups is 1. The van der Waals surface area contributed by atoms with Crippen LogP contribution < -0.4 is 15.4 Å². The van der Waals surface area contributed by atoms with Gasteiger partial charge in [-0.05, 0) is 35.7 Å². The Kier molecular flexibility index (Phi) is 6.00. The molecule has 0 saturated heterocycles. The number of rotatable bonds is 6. The first-order chi connectivity index (χ1) is 11.1. The minimum atomic E-state index is -0.428. The maximum absolute atomic E-state index is 12.0. The van der Waals surface area contributed by atoms with Crippen LogP contribution in [0.25, 0.3) is 0 Å². The molecule has 0 aromatic heterocycles. The Morgan fingerprint density at radius 2 is 1.96 bits per heavy atom. The fourth-order valence-electron chi connectivity index (χ4n) is 2.36. The Labute approximate surface area is 136 Å². The number of carbonyl (C=O) groups is 1. The van der Waals surface area contributed by atoms with Crippen molar-refractivity contribution < 1.29 is 14.6 Å². The number of aliphatic hydroxyl groups is 1.